The lowest BCUT2D eigenvalue weighted by atomic mass is 10.1. The molecule has 3 nitrogen and oxygen atoms in total. The van der Waals surface area contributed by atoms with Gasteiger partial charge in [0.15, 0.2) is 0 Å². The second-order valence-electron chi connectivity index (χ2n) is 4.19. The van der Waals surface area contributed by atoms with Crippen molar-refractivity contribution >= 4 is 17.7 Å². The van der Waals surface area contributed by atoms with E-state index in [2.05, 4.69) is 16.8 Å². The third kappa shape index (κ3) is 2.23. The number of hydrogen-bond donors (Lipinski definition) is 0. The van der Waals surface area contributed by atoms with Crippen LogP contribution in [0.3, 0.4) is 0 Å². The lowest BCUT2D eigenvalue weighted by Crippen LogP contribution is -2.49. The number of amides is 1. The van der Waals surface area contributed by atoms with Crippen LogP contribution in [0.1, 0.15) is 6.42 Å². The van der Waals surface area contributed by atoms with E-state index in [0.717, 1.165) is 38.4 Å². The van der Waals surface area contributed by atoms with E-state index in [1.165, 1.54) is 5.75 Å². The minimum atomic E-state index is 0.323. The van der Waals surface area contributed by atoms with Gasteiger partial charge in [0.1, 0.15) is 0 Å². The van der Waals surface area contributed by atoms with Gasteiger partial charge >= 0.3 is 0 Å². The zero-order chi connectivity index (χ0) is 9.97. The van der Waals surface area contributed by atoms with E-state index in [9.17, 15) is 4.79 Å². The Bertz CT molecular complexity index is 208. The van der Waals surface area contributed by atoms with Crippen LogP contribution in [0.25, 0.3) is 0 Å². The van der Waals surface area contributed by atoms with Gasteiger partial charge < -0.3 is 9.80 Å². The van der Waals surface area contributed by atoms with E-state index in [1.54, 1.807) is 0 Å². The van der Waals surface area contributed by atoms with Crippen molar-refractivity contribution < 1.29 is 4.79 Å². The lowest BCUT2D eigenvalue weighted by Gasteiger charge is -2.33. The zero-order valence-corrected chi connectivity index (χ0v) is 9.55. The highest BCUT2D eigenvalue weighted by Crippen LogP contribution is 2.25. The number of thioether (sulfide) groups is 1. The van der Waals surface area contributed by atoms with Crippen molar-refractivity contribution in [1.82, 2.24) is 9.80 Å². The quantitative estimate of drug-likeness (QED) is 0.635. The summed E-state index contributed by atoms with van der Waals surface area (Å²) in [7, 11) is 2.12. The number of hydrogen-bond acceptors (Lipinski definition) is 3. The van der Waals surface area contributed by atoms with Crippen molar-refractivity contribution in [3.8, 4) is 0 Å². The first-order valence-corrected chi connectivity index (χ1v) is 6.48. The van der Waals surface area contributed by atoms with Gasteiger partial charge in [0.2, 0.25) is 5.91 Å². The van der Waals surface area contributed by atoms with Crippen LogP contribution in [-0.2, 0) is 4.79 Å². The highest BCUT2D eigenvalue weighted by molar-refractivity contribution is 7.99. The molecule has 80 valence electrons. The highest BCUT2D eigenvalue weighted by Gasteiger charge is 2.28. The third-order valence-electron chi connectivity index (χ3n) is 3.09. The van der Waals surface area contributed by atoms with E-state index in [0.29, 0.717) is 11.8 Å². The van der Waals surface area contributed by atoms with Crippen LogP contribution in [-0.4, -0.2) is 60.4 Å². The van der Waals surface area contributed by atoms with Crippen LogP contribution < -0.4 is 0 Å². The van der Waals surface area contributed by atoms with Crippen LogP contribution in [0.4, 0.5) is 0 Å². The van der Waals surface area contributed by atoms with E-state index in [1.807, 2.05) is 11.8 Å². The Labute approximate surface area is 89.8 Å². The minimum Gasteiger partial charge on any atom is -0.340 e. The van der Waals surface area contributed by atoms with Gasteiger partial charge in [-0.05, 0) is 19.2 Å². The monoisotopic (exact) mass is 214 g/mol. The molecular weight excluding hydrogens is 196 g/mol. The first kappa shape index (κ1) is 10.3. The molecule has 0 aliphatic carbocycles. The lowest BCUT2D eigenvalue weighted by molar-refractivity contribution is -0.136. The summed E-state index contributed by atoms with van der Waals surface area (Å²) in [6, 6.07) is 0. The van der Waals surface area contributed by atoms with E-state index < -0.39 is 0 Å². The number of carbonyl (C=O) groups is 1. The summed E-state index contributed by atoms with van der Waals surface area (Å²) in [5, 5.41) is 0. The third-order valence-corrected chi connectivity index (χ3v) is 4.26. The van der Waals surface area contributed by atoms with Crippen LogP contribution in [0.5, 0.6) is 0 Å². The maximum atomic E-state index is 12.0. The van der Waals surface area contributed by atoms with Gasteiger partial charge in [0.05, 0.1) is 0 Å². The van der Waals surface area contributed by atoms with E-state index in [-0.39, 0.29) is 0 Å². The molecule has 1 atom stereocenters. The first-order chi connectivity index (χ1) is 6.77. The maximum absolute atomic E-state index is 12.0. The summed E-state index contributed by atoms with van der Waals surface area (Å²) in [4.78, 5) is 16.3. The summed E-state index contributed by atoms with van der Waals surface area (Å²) in [5.41, 5.74) is 0. The molecule has 4 heteroatoms. The summed E-state index contributed by atoms with van der Waals surface area (Å²) >= 11 is 1.92. The topological polar surface area (TPSA) is 23.6 Å². The van der Waals surface area contributed by atoms with Crippen LogP contribution >= 0.6 is 11.8 Å². The highest BCUT2D eigenvalue weighted by atomic mass is 32.2. The number of piperazine rings is 1. The molecule has 0 bridgehead atoms. The van der Waals surface area contributed by atoms with Gasteiger partial charge in [-0.15, -0.1) is 0 Å². The molecule has 2 saturated heterocycles. The Morgan fingerprint density at radius 2 is 2.00 bits per heavy atom. The van der Waals surface area contributed by atoms with Crippen LogP contribution in [0.15, 0.2) is 0 Å². The van der Waals surface area contributed by atoms with Gasteiger partial charge in [-0.2, -0.15) is 11.8 Å². The van der Waals surface area contributed by atoms with Crippen molar-refractivity contribution in [3.05, 3.63) is 0 Å². The van der Waals surface area contributed by atoms with Crippen molar-refractivity contribution in [2.75, 3.05) is 44.7 Å². The normalized spacial score (nSPS) is 29.5. The Hall–Kier alpha value is -0.220. The summed E-state index contributed by atoms with van der Waals surface area (Å²) in [6.07, 6.45) is 1.09. The SMILES string of the molecule is CN1CCN(C(=O)C2CCSC2)CC1. The van der Waals surface area contributed by atoms with Gasteiger partial charge in [0.25, 0.3) is 0 Å². The average molecular weight is 214 g/mol. The molecule has 0 saturated carbocycles. The molecular formula is C10H18N2OS. The standard InChI is InChI=1S/C10H18N2OS/c1-11-3-5-12(6-4-11)10(13)9-2-7-14-8-9/h9H,2-8H2,1H3. The minimum absolute atomic E-state index is 0.323. The molecule has 2 rings (SSSR count). The molecule has 0 aromatic carbocycles. The molecule has 1 unspecified atom stereocenters. The molecule has 14 heavy (non-hydrogen) atoms. The number of nitrogens with zero attached hydrogens (tertiary/aromatic N) is 2. The fraction of sp³-hybridized carbons (Fsp3) is 0.900. The van der Waals surface area contributed by atoms with E-state index in [4.69, 9.17) is 0 Å². The second kappa shape index (κ2) is 4.53. The molecule has 2 heterocycles. The predicted octanol–water partition coefficient (Wildman–Crippen LogP) is 0.514. The molecule has 2 aliphatic heterocycles. The number of carbonyl (C=O) groups excluding carboxylic acids is 1. The molecule has 1 amide bonds. The van der Waals surface area contributed by atoms with Crippen molar-refractivity contribution in [2.45, 2.75) is 6.42 Å². The summed E-state index contributed by atoms with van der Waals surface area (Å²) < 4.78 is 0. The second-order valence-corrected chi connectivity index (χ2v) is 5.34. The Balaban J connectivity index is 1.85. The molecule has 0 spiro atoms. The van der Waals surface area contributed by atoms with Crippen molar-refractivity contribution in [2.24, 2.45) is 5.92 Å². The molecule has 0 N–H and O–H groups in total. The average Bonchev–Trinajstić information content (AvgIpc) is 2.71. The fourth-order valence-electron chi connectivity index (χ4n) is 2.01. The van der Waals surface area contributed by atoms with Gasteiger partial charge in [0, 0.05) is 37.8 Å². The Morgan fingerprint density at radius 1 is 1.29 bits per heavy atom. The Morgan fingerprint density at radius 3 is 2.57 bits per heavy atom. The number of rotatable bonds is 1. The summed E-state index contributed by atoms with van der Waals surface area (Å²) in [6.45, 7) is 3.92. The van der Waals surface area contributed by atoms with Crippen molar-refractivity contribution in [1.29, 1.82) is 0 Å². The van der Waals surface area contributed by atoms with Crippen LogP contribution in [0.2, 0.25) is 0 Å². The molecule has 2 fully saturated rings. The van der Waals surface area contributed by atoms with E-state index >= 15 is 0 Å². The summed E-state index contributed by atoms with van der Waals surface area (Å²) in [5.74, 6) is 2.95. The first-order valence-electron chi connectivity index (χ1n) is 5.32. The smallest absolute Gasteiger partial charge is 0.226 e. The number of likely N-dealkylation sites (N-methyl/N-ethyl adjacent to an activating group) is 1. The predicted molar refractivity (Wildman–Crippen MR) is 59.5 cm³/mol. The Kier molecular flexibility index (Phi) is 3.34. The molecule has 0 aromatic heterocycles. The molecule has 0 aromatic rings. The van der Waals surface area contributed by atoms with Gasteiger partial charge in [-0.25, -0.2) is 0 Å². The van der Waals surface area contributed by atoms with Crippen molar-refractivity contribution in [3.63, 3.8) is 0 Å². The molecule has 2 aliphatic rings. The zero-order valence-electron chi connectivity index (χ0n) is 8.74. The maximum Gasteiger partial charge on any atom is 0.226 e. The van der Waals surface area contributed by atoms with Gasteiger partial charge in [-0.1, -0.05) is 0 Å². The molecule has 0 radical (unpaired) electrons. The largest absolute Gasteiger partial charge is 0.340 e. The fourth-order valence-corrected chi connectivity index (χ4v) is 3.23. The van der Waals surface area contributed by atoms with Gasteiger partial charge in [-0.3, -0.25) is 4.79 Å². The van der Waals surface area contributed by atoms with Crippen LogP contribution in [0, 0.1) is 5.92 Å².